The lowest BCUT2D eigenvalue weighted by atomic mass is 10.0. The highest BCUT2D eigenvalue weighted by Gasteiger charge is 2.30. The van der Waals surface area contributed by atoms with Gasteiger partial charge in [0, 0.05) is 35.2 Å². The summed E-state index contributed by atoms with van der Waals surface area (Å²) in [6, 6.07) is 5.60. The SMILES string of the molecule is NC(=O)[C@@H]1CCC[C@@H]1NCc1cc(=O)c2cc(F)ccc2[nH]1. The van der Waals surface area contributed by atoms with Crippen LogP contribution in [0.5, 0.6) is 0 Å². The quantitative estimate of drug-likeness (QED) is 0.798. The van der Waals surface area contributed by atoms with Gasteiger partial charge >= 0.3 is 0 Å². The Balaban J connectivity index is 1.78. The van der Waals surface area contributed by atoms with Crippen molar-refractivity contribution in [3.8, 4) is 0 Å². The first-order chi connectivity index (χ1) is 10.5. The molecule has 0 unspecified atom stereocenters. The summed E-state index contributed by atoms with van der Waals surface area (Å²) in [6.45, 7) is 0.441. The van der Waals surface area contributed by atoms with E-state index in [1.807, 2.05) is 0 Å². The highest BCUT2D eigenvalue weighted by Crippen LogP contribution is 2.25. The molecule has 0 spiro atoms. The third-order valence-corrected chi connectivity index (χ3v) is 4.28. The van der Waals surface area contributed by atoms with Gasteiger partial charge in [-0.15, -0.1) is 0 Å². The Morgan fingerprint density at radius 3 is 2.95 bits per heavy atom. The Hall–Kier alpha value is -2.21. The van der Waals surface area contributed by atoms with Crippen LogP contribution in [0.3, 0.4) is 0 Å². The first kappa shape index (κ1) is 14.7. The van der Waals surface area contributed by atoms with Crippen molar-refractivity contribution in [2.75, 3.05) is 0 Å². The molecular weight excluding hydrogens is 285 g/mol. The Morgan fingerprint density at radius 1 is 1.36 bits per heavy atom. The first-order valence-corrected chi connectivity index (χ1v) is 7.39. The normalized spacial score (nSPS) is 21.3. The monoisotopic (exact) mass is 303 g/mol. The van der Waals surface area contributed by atoms with E-state index in [9.17, 15) is 14.0 Å². The fourth-order valence-corrected chi connectivity index (χ4v) is 3.16. The summed E-state index contributed by atoms with van der Waals surface area (Å²) in [5.74, 6) is -0.863. The Morgan fingerprint density at radius 2 is 2.18 bits per heavy atom. The van der Waals surface area contributed by atoms with E-state index in [2.05, 4.69) is 10.3 Å². The number of pyridine rings is 1. The molecule has 1 amide bonds. The van der Waals surface area contributed by atoms with Gasteiger partial charge in [0.2, 0.25) is 5.91 Å². The van der Waals surface area contributed by atoms with E-state index in [-0.39, 0.29) is 23.3 Å². The molecule has 4 N–H and O–H groups in total. The third-order valence-electron chi connectivity index (χ3n) is 4.28. The Labute approximate surface area is 126 Å². The number of benzene rings is 1. The number of hydrogen-bond donors (Lipinski definition) is 3. The molecule has 0 radical (unpaired) electrons. The van der Waals surface area contributed by atoms with Crippen molar-refractivity contribution < 1.29 is 9.18 Å². The second kappa shape index (κ2) is 5.88. The van der Waals surface area contributed by atoms with Crippen molar-refractivity contribution in [2.45, 2.75) is 31.8 Å². The lowest BCUT2D eigenvalue weighted by Crippen LogP contribution is -2.39. The van der Waals surface area contributed by atoms with Crippen LogP contribution in [0.15, 0.2) is 29.1 Å². The van der Waals surface area contributed by atoms with Gasteiger partial charge in [-0.3, -0.25) is 9.59 Å². The van der Waals surface area contributed by atoms with Crippen LogP contribution in [-0.4, -0.2) is 16.9 Å². The number of hydrogen-bond acceptors (Lipinski definition) is 3. The fourth-order valence-electron chi connectivity index (χ4n) is 3.16. The van der Waals surface area contributed by atoms with E-state index in [0.717, 1.165) is 19.3 Å². The maximum Gasteiger partial charge on any atom is 0.222 e. The fraction of sp³-hybridized carbons (Fsp3) is 0.375. The number of nitrogens with one attached hydrogen (secondary N) is 2. The second-order valence-corrected chi connectivity index (χ2v) is 5.78. The highest BCUT2D eigenvalue weighted by atomic mass is 19.1. The zero-order valence-corrected chi connectivity index (χ0v) is 12.1. The van der Waals surface area contributed by atoms with Crippen molar-refractivity contribution in [1.82, 2.24) is 10.3 Å². The molecule has 1 fully saturated rings. The number of aromatic nitrogens is 1. The predicted octanol–water partition coefficient (Wildman–Crippen LogP) is 1.41. The number of rotatable bonds is 4. The molecule has 0 aliphatic heterocycles. The number of amides is 1. The molecule has 1 aliphatic carbocycles. The van der Waals surface area contributed by atoms with Crippen LogP contribution in [-0.2, 0) is 11.3 Å². The van der Waals surface area contributed by atoms with Crippen molar-refractivity contribution in [1.29, 1.82) is 0 Å². The molecule has 1 saturated carbocycles. The summed E-state index contributed by atoms with van der Waals surface area (Å²) in [7, 11) is 0. The van der Waals surface area contributed by atoms with Crippen LogP contribution in [0.4, 0.5) is 4.39 Å². The van der Waals surface area contributed by atoms with E-state index in [0.29, 0.717) is 23.1 Å². The average Bonchev–Trinajstić information content (AvgIpc) is 2.94. The summed E-state index contributed by atoms with van der Waals surface area (Å²) in [5.41, 5.74) is 6.49. The minimum absolute atomic E-state index is 0.0462. The minimum Gasteiger partial charge on any atom is -0.369 e. The second-order valence-electron chi connectivity index (χ2n) is 5.78. The van der Waals surface area contributed by atoms with Crippen LogP contribution in [0.2, 0.25) is 0 Å². The standard InChI is InChI=1S/C16H18FN3O2/c17-9-4-5-14-12(6-9)15(21)7-10(20-14)8-19-13-3-1-2-11(13)16(18)22/h4-7,11,13,19H,1-3,8H2,(H2,18,22)(H,20,21)/t11-,13+/m1/s1. The van der Waals surface area contributed by atoms with E-state index in [1.165, 1.54) is 18.2 Å². The lowest BCUT2D eigenvalue weighted by Gasteiger charge is -2.18. The van der Waals surface area contributed by atoms with Gasteiger partial charge in [0.25, 0.3) is 0 Å². The molecule has 1 heterocycles. The lowest BCUT2D eigenvalue weighted by molar-refractivity contribution is -0.122. The molecule has 0 saturated heterocycles. The van der Waals surface area contributed by atoms with Gasteiger partial charge in [-0.25, -0.2) is 4.39 Å². The summed E-state index contributed by atoms with van der Waals surface area (Å²) < 4.78 is 13.2. The van der Waals surface area contributed by atoms with Crippen LogP contribution >= 0.6 is 0 Å². The number of carbonyl (C=O) groups excluding carboxylic acids is 1. The highest BCUT2D eigenvalue weighted by molar-refractivity contribution is 5.78. The summed E-state index contributed by atoms with van der Waals surface area (Å²) >= 11 is 0. The molecule has 2 atom stereocenters. The molecule has 22 heavy (non-hydrogen) atoms. The molecule has 6 heteroatoms. The number of fused-ring (bicyclic) bond motifs is 1. The van der Waals surface area contributed by atoms with Crippen LogP contribution in [0, 0.1) is 11.7 Å². The molecule has 3 rings (SSSR count). The maximum atomic E-state index is 13.2. The van der Waals surface area contributed by atoms with Crippen molar-refractivity contribution in [3.05, 3.63) is 46.0 Å². The van der Waals surface area contributed by atoms with Gasteiger partial charge in [0.05, 0.1) is 5.92 Å². The predicted molar refractivity (Wildman–Crippen MR) is 81.7 cm³/mol. The minimum atomic E-state index is -0.431. The van der Waals surface area contributed by atoms with E-state index >= 15 is 0 Å². The molecule has 5 nitrogen and oxygen atoms in total. The van der Waals surface area contributed by atoms with Gasteiger partial charge in [0.1, 0.15) is 5.82 Å². The first-order valence-electron chi connectivity index (χ1n) is 7.39. The van der Waals surface area contributed by atoms with Gasteiger partial charge in [0.15, 0.2) is 5.43 Å². The number of aromatic amines is 1. The average molecular weight is 303 g/mol. The number of nitrogens with two attached hydrogens (primary N) is 1. The topological polar surface area (TPSA) is 88.0 Å². The molecular formula is C16H18FN3O2. The van der Waals surface area contributed by atoms with Gasteiger partial charge in [-0.2, -0.15) is 0 Å². The van der Waals surface area contributed by atoms with Crippen LogP contribution in [0.1, 0.15) is 25.0 Å². The number of primary amides is 1. The zero-order valence-electron chi connectivity index (χ0n) is 12.1. The third kappa shape index (κ3) is 2.87. The van der Waals surface area contributed by atoms with Crippen molar-refractivity contribution in [3.63, 3.8) is 0 Å². The summed E-state index contributed by atoms with van der Waals surface area (Å²) in [6.07, 6.45) is 2.68. The van der Waals surface area contributed by atoms with Gasteiger partial charge in [-0.1, -0.05) is 6.42 Å². The van der Waals surface area contributed by atoms with E-state index < -0.39 is 5.82 Å². The molecule has 1 aliphatic rings. The molecule has 1 aromatic carbocycles. The van der Waals surface area contributed by atoms with E-state index in [1.54, 1.807) is 6.07 Å². The van der Waals surface area contributed by atoms with Crippen LogP contribution in [0.25, 0.3) is 10.9 Å². The summed E-state index contributed by atoms with van der Waals surface area (Å²) in [4.78, 5) is 26.5. The Kier molecular flexibility index (Phi) is 3.94. The van der Waals surface area contributed by atoms with Gasteiger partial charge in [-0.05, 0) is 31.0 Å². The molecule has 2 aromatic rings. The zero-order chi connectivity index (χ0) is 15.7. The van der Waals surface area contributed by atoms with Gasteiger partial charge < -0.3 is 16.0 Å². The maximum absolute atomic E-state index is 13.2. The van der Waals surface area contributed by atoms with Crippen LogP contribution < -0.4 is 16.5 Å². The molecule has 116 valence electrons. The molecule has 1 aromatic heterocycles. The number of carbonyl (C=O) groups is 1. The molecule has 0 bridgehead atoms. The van der Waals surface area contributed by atoms with Crippen molar-refractivity contribution >= 4 is 16.8 Å². The summed E-state index contributed by atoms with van der Waals surface area (Å²) in [5, 5.41) is 3.62. The smallest absolute Gasteiger partial charge is 0.222 e. The number of H-pyrrole nitrogens is 1. The largest absolute Gasteiger partial charge is 0.369 e. The number of halogens is 1. The van der Waals surface area contributed by atoms with Crippen molar-refractivity contribution in [2.24, 2.45) is 11.7 Å². The van der Waals surface area contributed by atoms with E-state index in [4.69, 9.17) is 5.73 Å². The Bertz CT molecular complexity index is 772.